The van der Waals surface area contributed by atoms with Crippen molar-refractivity contribution in [1.29, 1.82) is 0 Å². The largest absolute Gasteiger partial charge is 0.508 e. The molecule has 0 radical (unpaired) electrons. The number of carbonyl (C=O) groups excluding carboxylic acids is 1. The summed E-state index contributed by atoms with van der Waals surface area (Å²) in [7, 11) is 3.98. The van der Waals surface area contributed by atoms with Crippen LogP contribution in [0.25, 0.3) is 32.9 Å². The van der Waals surface area contributed by atoms with Crippen molar-refractivity contribution in [1.82, 2.24) is 25.2 Å². The second-order valence-electron chi connectivity index (χ2n) is 13.8. The molecule has 4 aromatic rings. The number of pyridine rings is 1. The summed E-state index contributed by atoms with van der Waals surface area (Å²) >= 11 is 0. The smallest absolute Gasteiger partial charge is 0.407 e. The van der Waals surface area contributed by atoms with Crippen LogP contribution < -0.4 is 15.0 Å². The number of nitrogens with zero attached hydrogens (tertiary/aromatic N) is 5. The third-order valence-electron chi connectivity index (χ3n) is 9.31. The summed E-state index contributed by atoms with van der Waals surface area (Å²) in [6.07, 6.45) is 1.71. The first-order valence-electron chi connectivity index (χ1n) is 15.8. The van der Waals surface area contributed by atoms with Crippen LogP contribution in [0.1, 0.15) is 38.2 Å². The molecule has 2 fully saturated rings. The van der Waals surface area contributed by atoms with E-state index in [1.807, 2.05) is 14.1 Å². The van der Waals surface area contributed by atoms with Crippen LogP contribution in [0.3, 0.4) is 0 Å². The quantitative estimate of drug-likeness (QED) is 0.288. The number of rotatable bonds is 5. The molecule has 2 aromatic heterocycles. The van der Waals surface area contributed by atoms with Crippen LogP contribution in [0, 0.1) is 17.0 Å². The lowest BCUT2D eigenvalue weighted by Crippen LogP contribution is -2.60. The number of fused-ring (bicyclic) bond motifs is 6. The maximum atomic E-state index is 16.9. The number of ether oxygens (including phenoxy) is 2. The van der Waals surface area contributed by atoms with Gasteiger partial charge in [0.1, 0.15) is 34.8 Å². The third kappa shape index (κ3) is 6.08. The molecule has 1 aliphatic carbocycles. The Morgan fingerprint density at radius 2 is 2.02 bits per heavy atom. The zero-order chi connectivity index (χ0) is 33.1. The van der Waals surface area contributed by atoms with Gasteiger partial charge in [-0.1, -0.05) is 6.07 Å². The van der Waals surface area contributed by atoms with Gasteiger partial charge in [-0.25, -0.2) is 18.0 Å². The molecule has 3 aliphatic heterocycles. The Balaban J connectivity index is 1.44. The number of hydrogen-bond donors (Lipinski definition) is 2. The second-order valence-corrected chi connectivity index (χ2v) is 13.8. The minimum absolute atomic E-state index is 0.0286. The van der Waals surface area contributed by atoms with Crippen LogP contribution in [0.2, 0.25) is 0 Å². The number of hydrogen-bond acceptors (Lipinski definition) is 9. The molecule has 1 saturated carbocycles. The van der Waals surface area contributed by atoms with Crippen LogP contribution in [0.4, 0.5) is 23.8 Å². The summed E-state index contributed by atoms with van der Waals surface area (Å²) < 4.78 is 59.3. The van der Waals surface area contributed by atoms with E-state index in [4.69, 9.17) is 9.47 Å². The molecular weight excluding hydrogens is 613 g/mol. The van der Waals surface area contributed by atoms with Crippen LogP contribution in [-0.2, 0) is 11.2 Å². The molecule has 2 N–H and O–H groups in total. The number of piperidine rings is 1. The van der Waals surface area contributed by atoms with Crippen molar-refractivity contribution in [3.8, 4) is 23.0 Å². The van der Waals surface area contributed by atoms with E-state index in [1.165, 1.54) is 30.5 Å². The number of carbonyl (C=O) groups is 1. The summed E-state index contributed by atoms with van der Waals surface area (Å²) in [5.41, 5.74) is -0.934. The fraction of sp³-hybridized carbons (Fsp3) is 0.471. The number of phenols is 1. The first kappa shape index (κ1) is 31.2. The van der Waals surface area contributed by atoms with E-state index in [2.05, 4.69) is 25.2 Å². The molecule has 1 saturated heterocycles. The average Bonchev–Trinajstić information content (AvgIpc) is 3.76. The molecule has 6 bridgehead atoms. The molecule has 5 heterocycles. The Morgan fingerprint density at radius 1 is 1.21 bits per heavy atom. The highest BCUT2D eigenvalue weighted by Gasteiger charge is 2.44. The molecule has 0 spiro atoms. The first-order valence-corrected chi connectivity index (χ1v) is 15.8. The fourth-order valence-corrected chi connectivity index (χ4v) is 7.15. The summed E-state index contributed by atoms with van der Waals surface area (Å²) in [6, 6.07) is 5.55. The van der Waals surface area contributed by atoms with Gasteiger partial charge < -0.3 is 29.7 Å². The number of alkyl carbamates (subject to hydrolysis) is 1. The number of nitrogens with one attached hydrogen (secondary N) is 1. The van der Waals surface area contributed by atoms with Gasteiger partial charge in [0.25, 0.3) is 0 Å². The molecule has 47 heavy (non-hydrogen) atoms. The Bertz CT molecular complexity index is 1890. The number of alkyl halides is 1. The molecule has 2 aromatic carbocycles. The van der Waals surface area contributed by atoms with Gasteiger partial charge in [0.15, 0.2) is 5.82 Å². The average molecular weight is 651 g/mol. The van der Waals surface area contributed by atoms with Crippen LogP contribution >= 0.6 is 0 Å². The summed E-state index contributed by atoms with van der Waals surface area (Å²) in [4.78, 5) is 30.3. The van der Waals surface area contributed by atoms with E-state index >= 15 is 13.2 Å². The van der Waals surface area contributed by atoms with Crippen molar-refractivity contribution in [2.75, 3.05) is 51.8 Å². The Morgan fingerprint density at radius 3 is 2.79 bits per heavy atom. The second kappa shape index (κ2) is 11.7. The van der Waals surface area contributed by atoms with Crippen molar-refractivity contribution >= 4 is 33.6 Å². The van der Waals surface area contributed by atoms with Crippen molar-refractivity contribution in [2.24, 2.45) is 5.41 Å². The number of anilines is 1. The van der Waals surface area contributed by atoms with Crippen LogP contribution in [-0.4, -0.2) is 89.7 Å². The van der Waals surface area contributed by atoms with Gasteiger partial charge in [0, 0.05) is 36.7 Å². The zero-order valence-electron chi connectivity index (χ0n) is 26.6. The number of aromatic hydroxyl groups is 1. The van der Waals surface area contributed by atoms with E-state index in [0.29, 0.717) is 17.4 Å². The van der Waals surface area contributed by atoms with E-state index in [0.717, 1.165) is 19.4 Å². The predicted octanol–water partition coefficient (Wildman–Crippen LogP) is 5.53. The number of aryl methyl sites for hydroxylation is 1. The van der Waals surface area contributed by atoms with Gasteiger partial charge in [0.05, 0.1) is 30.7 Å². The molecule has 0 unspecified atom stereocenters. The van der Waals surface area contributed by atoms with Gasteiger partial charge in [-0.2, -0.15) is 9.97 Å². The lowest BCUT2D eigenvalue weighted by molar-refractivity contribution is 0.120. The Labute approximate surface area is 269 Å². The standard InChI is InChI=1S/C34H37F3N6O4/c1-33-13-20(35)15-43(16-33)30-24-14-38-28(27(37)29(24)39-31(40-30)47-18-34(8-9-34)17-42(2)3)23-12-21(44)11-19-6-7-25(36)22(26(19)23)5-4-10-46-32(45)41-33/h6-7,11-12,14,20,44H,4-5,8-10,13,15-18H2,1-3H3,(H,41,45)/t20-,33-/m1/s1. The fourth-order valence-electron chi connectivity index (χ4n) is 7.15. The number of halogens is 3. The van der Waals surface area contributed by atoms with Crippen LogP contribution in [0.5, 0.6) is 11.8 Å². The monoisotopic (exact) mass is 650 g/mol. The van der Waals surface area contributed by atoms with Gasteiger partial charge >= 0.3 is 12.1 Å². The van der Waals surface area contributed by atoms with Crippen LogP contribution in [0.15, 0.2) is 30.5 Å². The number of aromatic nitrogens is 3. The van der Waals surface area contributed by atoms with E-state index in [9.17, 15) is 9.90 Å². The minimum atomic E-state index is -1.35. The molecule has 1 amide bonds. The topological polar surface area (TPSA) is 113 Å². The molecule has 4 aliphatic rings. The Hall–Kier alpha value is -4.39. The highest BCUT2D eigenvalue weighted by molar-refractivity contribution is 6.01. The highest BCUT2D eigenvalue weighted by Crippen LogP contribution is 2.46. The van der Waals surface area contributed by atoms with Gasteiger partial charge in [-0.15, -0.1) is 0 Å². The maximum Gasteiger partial charge on any atom is 0.407 e. The number of benzene rings is 2. The number of phenolic OH excluding ortho intramolecular Hbond substituents is 1. The number of amides is 1. The van der Waals surface area contributed by atoms with Crippen molar-refractivity contribution in [3.05, 3.63) is 47.7 Å². The summed E-state index contributed by atoms with van der Waals surface area (Å²) in [6.45, 7) is 2.88. The van der Waals surface area contributed by atoms with E-state index < -0.39 is 29.4 Å². The van der Waals surface area contributed by atoms with Gasteiger partial charge in [-0.05, 0) is 81.2 Å². The van der Waals surface area contributed by atoms with E-state index in [-0.39, 0.29) is 89.7 Å². The molecule has 8 rings (SSSR count). The summed E-state index contributed by atoms with van der Waals surface area (Å²) in [5, 5.41) is 14.5. The predicted molar refractivity (Wildman–Crippen MR) is 171 cm³/mol. The SMILES string of the molecule is CN(C)CC1(COc2nc3c4cnc(c(F)c4n2)-c2cc(O)cc4ccc(F)c(c24)CCCOC(=O)N[C@]2(C)C[C@@H](F)CN3C2)CC1. The minimum Gasteiger partial charge on any atom is -0.508 e. The molecule has 13 heteroatoms. The normalized spacial score (nSPS) is 22.4. The zero-order valence-corrected chi connectivity index (χ0v) is 26.6. The lowest BCUT2D eigenvalue weighted by Gasteiger charge is -2.42. The Kier molecular flexibility index (Phi) is 7.77. The van der Waals surface area contributed by atoms with Crippen molar-refractivity contribution < 1.29 is 32.5 Å². The summed E-state index contributed by atoms with van der Waals surface area (Å²) in [5.74, 6) is -1.28. The lowest BCUT2D eigenvalue weighted by atomic mass is 9.90. The van der Waals surface area contributed by atoms with Crippen molar-refractivity contribution in [2.45, 2.75) is 50.7 Å². The van der Waals surface area contributed by atoms with Gasteiger partial charge in [0.2, 0.25) is 0 Å². The molecule has 2 atom stereocenters. The molecule has 10 nitrogen and oxygen atoms in total. The third-order valence-corrected chi connectivity index (χ3v) is 9.31. The molecular formula is C34H37F3N6O4. The van der Waals surface area contributed by atoms with E-state index in [1.54, 1.807) is 11.8 Å². The maximum absolute atomic E-state index is 16.9. The first-order chi connectivity index (χ1) is 22.4. The molecule has 248 valence electrons. The van der Waals surface area contributed by atoms with Gasteiger partial charge in [-0.3, -0.25) is 4.98 Å². The highest BCUT2D eigenvalue weighted by atomic mass is 19.1. The van der Waals surface area contributed by atoms with Crippen molar-refractivity contribution in [3.63, 3.8) is 0 Å².